The number of fused-ring (bicyclic) bond motifs is 1. The highest BCUT2D eigenvalue weighted by Crippen LogP contribution is 2.20. The van der Waals surface area contributed by atoms with Gasteiger partial charge in [0.1, 0.15) is 0 Å². The Morgan fingerprint density at radius 3 is 2.62 bits per heavy atom. The van der Waals surface area contributed by atoms with Gasteiger partial charge in [0, 0.05) is 5.02 Å². The monoisotopic (exact) mass is 366 g/mol. The van der Waals surface area contributed by atoms with E-state index in [9.17, 15) is 4.79 Å². The summed E-state index contributed by atoms with van der Waals surface area (Å²) in [6.07, 6.45) is 1.54. The average Bonchev–Trinajstić information content (AvgIpc) is 2.66. The van der Waals surface area contributed by atoms with E-state index in [0.29, 0.717) is 5.02 Å². The molecule has 0 heterocycles. The smallest absolute Gasteiger partial charge is 0.261 e. The van der Waals surface area contributed by atoms with Crippen LogP contribution in [-0.4, -0.2) is 18.7 Å². The number of oxime groups is 1. The lowest BCUT2D eigenvalue weighted by molar-refractivity contribution is -0.126. The van der Waals surface area contributed by atoms with Crippen LogP contribution < -0.4 is 5.32 Å². The first-order valence-electron chi connectivity index (χ1n) is 8.31. The first-order chi connectivity index (χ1) is 12.6. The van der Waals surface area contributed by atoms with Gasteiger partial charge in [-0.05, 0) is 47.0 Å². The van der Waals surface area contributed by atoms with Crippen LogP contribution in [0.4, 0.5) is 0 Å². The molecule has 0 radical (unpaired) electrons. The lowest BCUT2D eigenvalue weighted by Crippen LogP contribution is -2.29. The average molecular weight is 367 g/mol. The van der Waals surface area contributed by atoms with E-state index in [4.69, 9.17) is 16.4 Å². The fraction of sp³-hybridized carbons (Fsp3) is 0.143. The quantitative estimate of drug-likeness (QED) is 0.507. The van der Waals surface area contributed by atoms with Crippen molar-refractivity contribution in [1.29, 1.82) is 0 Å². The third-order valence-corrected chi connectivity index (χ3v) is 4.24. The summed E-state index contributed by atoms with van der Waals surface area (Å²) in [5.41, 5.74) is 1.89. The zero-order valence-electron chi connectivity index (χ0n) is 14.4. The zero-order chi connectivity index (χ0) is 18.4. The zero-order valence-corrected chi connectivity index (χ0v) is 15.1. The Hall–Kier alpha value is -2.85. The third kappa shape index (κ3) is 4.83. The number of halogens is 1. The predicted octanol–water partition coefficient (Wildman–Crippen LogP) is 4.72. The van der Waals surface area contributed by atoms with Gasteiger partial charge in [0.25, 0.3) is 5.91 Å². The molecule has 26 heavy (non-hydrogen) atoms. The van der Waals surface area contributed by atoms with Crippen molar-refractivity contribution in [3.8, 4) is 0 Å². The molecule has 5 heteroatoms. The fourth-order valence-electron chi connectivity index (χ4n) is 2.59. The maximum absolute atomic E-state index is 12.0. The maximum Gasteiger partial charge on any atom is 0.261 e. The van der Waals surface area contributed by atoms with Gasteiger partial charge in [0.15, 0.2) is 6.61 Å². The van der Waals surface area contributed by atoms with Crippen LogP contribution in [0, 0.1) is 0 Å². The Bertz CT molecular complexity index is 923. The molecule has 4 nitrogen and oxygen atoms in total. The highest BCUT2D eigenvalue weighted by molar-refractivity contribution is 6.30. The molecule has 3 rings (SSSR count). The van der Waals surface area contributed by atoms with Crippen molar-refractivity contribution in [2.24, 2.45) is 5.16 Å². The molecule has 0 unspecified atom stereocenters. The van der Waals surface area contributed by atoms with Gasteiger partial charge in [-0.3, -0.25) is 4.79 Å². The molecule has 0 aliphatic rings. The SMILES string of the molecule is C[C@H](NC(=O)CO/N=C\c1ccc(Cl)cc1)c1ccc2ccccc2c1. The summed E-state index contributed by atoms with van der Waals surface area (Å²) in [5.74, 6) is -0.223. The fourth-order valence-corrected chi connectivity index (χ4v) is 2.71. The Kier molecular flexibility index (Phi) is 5.87. The molecule has 0 spiro atoms. The van der Waals surface area contributed by atoms with Crippen LogP contribution in [0.25, 0.3) is 10.8 Å². The van der Waals surface area contributed by atoms with Crippen molar-refractivity contribution in [3.05, 3.63) is 82.9 Å². The second kappa shape index (κ2) is 8.50. The van der Waals surface area contributed by atoms with Crippen LogP contribution in [-0.2, 0) is 9.63 Å². The highest BCUT2D eigenvalue weighted by Gasteiger charge is 2.10. The molecule has 0 saturated carbocycles. The third-order valence-electron chi connectivity index (χ3n) is 3.99. The standard InChI is InChI=1S/C21H19ClN2O2/c1-15(18-9-8-17-4-2-3-5-19(17)12-18)24-21(25)14-26-23-13-16-6-10-20(22)11-7-16/h2-13,15H,14H2,1H3,(H,24,25)/b23-13-/t15-/m0/s1. The van der Waals surface area contributed by atoms with Crippen LogP contribution >= 0.6 is 11.6 Å². The highest BCUT2D eigenvalue weighted by atomic mass is 35.5. The minimum Gasteiger partial charge on any atom is -0.386 e. The minimum absolute atomic E-state index is 0.115. The Morgan fingerprint density at radius 1 is 1.12 bits per heavy atom. The van der Waals surface area contributed by atoms with Gasteiger partial charge in [-0.25, -0.2) is 0 Å². The van der Waals surface area contributed by atoms with Gasteiger partial charge < -0.3 is 10.2 Å². The normalized spacial score (nSPS) is 12.2. The lowest BCUT2D eigenvalue weighted by Gasteiger charge is -2.14. The number of nitrogens with one attached hydrogen (secondary N) is 1. The molecule has 132 valence electrons. The second-order valence-electron chi connectivity index (χ2n) is 5.96. The van der Waals surface area contributed by atoms with Gasteiger partial charge in [-0.1, -0.05) is 65.3 Å². The van der Waals surface area contributed by atoms with E-state index in [2.05, 4.69) is 34.7 Å². The van der Waals surface area contributed by atoms with E-state index in [1.165, 1.54) is 11.6 Å². The minimum atomic E-state index is -0.223. The van der Waals surface area contributed by atoms with Gasteiger partial charge in [0.05, 0.1) is 12.3 Å². The molecule has 0 fully saturated rings. The van der Waals surface area contributed by atoms with Crippen molar-refractivity contribution in [2.45, 2.75) is 13.0 Å². The van der Waals surface area contributed by atoms with Crippen molar-refractivity contribution >= 4 is 34.5 Å². The molecule has 1 N–H and O–H groups in total. The molecule has 0 aliphatic carbocycles. The van der Waals surface area contributed by atoms with Crippen molar-refractivity contribution in [2.75, 3.05) is 6.61 Å². The van der Waals surface area contributed by atoms with Gasteiger partial charge in [-0.15, -0.1) is 0 Å². The van der Waals surface area contributed by atoms with E-state index >= 15 is 0 Å². The number of benzene rings is 3. The second-order valence-corrected chi connectivity index (χ2v) is 6.39. The van der Waals surface area contributed by atoms with E-state index < -0.39 is 0 Å². The summed E-state index contributed by atoms with van der Waals surface area (Å²) in [6, 6.07) is 21.3. The molecule has 3 aromatic carbocycles. The van der Waals surface area contributed by atoms with Crippen LogP contribution in [0.2, 0.25) is 5.02 Å². The molecule has 3 aromatic rings. The van der Waals surface area contributed by atoms with Crippen molar-refractivity contribution < 1.29 is 9.63 Å². The van der Waals surface area contributed by atoms with Crippen LogP contribution in [0.5, 0.6) is 0 Å². The maximum atomic E-state index is 12.0. The summed E-state index contributed by atoms with van der Waals surface area (Å²) in [7, 11) is 0. The van der Waals surface area contributed by atoms with E-state index in [1.807, 2.05) is 37.3 Å². The number of carbonyl (C=O) groups excluding carboxylic acids is 1. The molecule has 0 bridgehead atoms. The van der Waals surface area contributed by atoms with Gasteiger partial charge >= 0.3 is 0 Å². The molecule has 1 atom stereocenters. The predicted molar refractivity (Wildman–Crippen MR) is 106 cm³/mol. The summed E-state index contributed by atoms with van der Waals surface area (Å²) in [6.45, 7) is 1.81. The number of hydrogen-bond acceptors (Lipinski definition) is 3. The van der Waals surface area contributed by atoms with Crippen LogP contribution in [0.15, 0.2) is 71.9 Å². The number of amides is 1. The molecule has 1 amide bonds. The largest absolute Gasteiger partial charge is 0.386 e. The van der Waals surface area contributed by atoms with Crippen molar-refractivity contribution in [1.82, 2.24) is 5.32 Å². The lowest BCUT2D eigenvalue weighted by atomic mass is 10.0. The number of rotatable bonds is 6. The number of hydrogen-bond donors (Lipinski definition) is 1. The van der Waals surface area contributed by atoms with Crippen molar-refractivity contribution in [3.63, 3.8) is 0 Å². The molecule has 0 saturated heterocycles. The summed E-state index contributed by atoms with van der Waals surface area (Å²) in [4.78, 5) is 17.1. The summed E-state index contributed by atoms with van der Waals surface area (Å²) >= 11 is 5.82. The Balaban J connectivity index is 1.51. The Labute approximate surface area is 157 Å². The number of carbonyl (C=O) groups is 1. The number of nitrogens with zero attached hydrogens (tertiary/aromatic N) is 1. The molecular formula is C21H19ClN2O2. The topological polar surface area (TPSA) is 50.7 Å². The first kappa shape index (κ1) is 18.0. The van der Waals surface area contributed by atoms with Gasteiger partial charge in [-0.2, -0.15) is 0 Å². The van der Waals surface area contributed by atoms with Gasteiger partial charge in [0.2, 0.25) is 0 Å². The van der Waals surface area contributed by atoms with E-state index in [1.54, 1.807) is 12.1 Å². The summed E-state index contributed by atoms with van der Waals surface area (Å²) in [5, 5.41) is 9.70. The molecule has 0 aliphatic heterocycles. The Morgan fingerprint density at radius 2 is 1.85 bits per heavy atom. The van der Waals surface area contributed by atoms with E-state index in [0.717, 1.165) is 16.5 Å². The van der Waals surface area contributed by atoms with Crippen LogP contribution in [0.1, 0.15) is 24.1 Å². The molecule has 0 aromatic heterocycles. The van der Waals surface area contributed by atoms with E-state index in [-0.39, 0.29) is 18.6 Å². The first-order valence-corrected chi connectivity index (χ1v) is 8.68. The van der Waals surface area contributed by atoms with Crippen LogP contribution in [0.3, 0.4) is 0 Å². The molecular weight excluding hydrogens is 348 g/mol. The summed E-state index contributed by atoms with van der Waals surface area (Å²) < 4.78 is 0.